The van der Waals surface area contributed by atoms with Crippen LogP contribution in [0.15, 0.2) is 0 Å². The second-order valence-corrected chi connectivity index (χ2v) is 6.30. The maximum Gasteiger partial charge on any atom is 0.0613 e. The van der Waals surface area contributed by atoms with Gasteiger partial charge < -0.3 is 15.6 Å². The lowest BCUT2D eigenvalue weighted by atomic mass is 9.87. The van der Waals surface area contributed by atoms with Crippen LogP contribution in [-0.2, 0) is 4.74 Å². The van der Waals surface area contributed by atoms with Gasteiger partial charge in [-0.15, -0.1) is 0 Å². The molecule has 3 atom stereocenters. The lowest BCUT2D eigenvalue weighted by Crippen LogP contribution is -2.47. The third-order valence-electron chi connectivity index (χ3n) is 4.64. The van der Waals surface area contributed by atoms with Crippen molar-refractivity contribution in [3.05, 3.63) is 0 Å². The molecule has 0 bridgehead atoms. The quantitative estimate of drug-likeness (QED) is 0.600. The van der Waals surface area contributed by atoms with E-state index in [1.807, 2.05) is 0 Å². The molecule has 3 heteroatoms. The van der Waals surface area contributed by atoms with Crippen LogP contribution in [0.5, 0.6) is 0 Å². The number of ether oxygens (including phenoxy) is 1. The van der Waals surface area contributed by atoms with Crippen molar-refractivity contribution in [2.45, 2.75) is 83.3 Å². The summed E-state index contributed by atoms with van der Waals surface area (Å²) in [5, 5.41) is 9.41. The molecule has 0 heterocycles. The van der Waals surface area contributed by atoms with Gasteiger partial charge in [-0.05, 0) is 38.5 Å². The van der Waals surface area contributed by atoms with Crippen molar-refractivity contribution in [1.82, 2.24) is 0 Å². The van der Waals surface area contributed by atoms with Crippen LogP contribution in [0, 0.1) is 5.92 Å². The molecule has 0 spiro atoms. The maximum atomic E-state index is 9.41. The first-order valence-electron chi connectivity index (χ1n) is 8.13. The highest BCUT2D eigenvalue weighted by atomic mass is 16.5. The van der Waals surface area contributed by atoms with Gasteiger partial charge in [0.05, 0.1) is 12.7 Å². The zero-order valence-corrected chi connectivity index (χ0v) is 12.9. The number of aliphatic hydroxyl groups excluding tert-OH is 1. The van der Waals surface area contributed by atoms with Gasteiger partial charge in [0.25, 0.3) is 0 Å². The highest BCUT2D eigenvalue weighted by Gasteiger charge is 2.38. The van der Waals surface area contributed by atoms with E-state index in [9.17, 15) is 5.11 Å². The summed E-state index contributed by atoms with van der Waals surface area (Å²) >= 11 is 0. The Hall–Kier alpha value is -0.120. The molecule has 114 valence electrons. The molecule has 0 aromatic carbocycles. The number of aliphatic hydroxyl groups is 1. The molecule has 0 amide bonds. The number of nitrogens with two attached hydrogens (primary N) is 1. The SMILES string of the molecule is CCCCCCC(C)OCCC1CCCC1(N)CO. The van der Waals surface area contributed by atoms with Gasteiger partial charge in [0.15, 0.2) is 0 Å². The predicted octanol–water partition coefficient (Wildman–Crippen LogP) is 3.24. The number of hydrogen-bond acceptors (Lipinski definition) is 3. The standard InChI is InChI=1S/C16H33NO2/c1-3-4-5-6-8-14(2)19-12-10-15-9-7-11-16(15,17)13-18/h14-15,18H,3-13,17H2,1-2H3. The lowest BCUT2D eigenvalue weighted by Gasteiger charge is -2.29. The molecule has 0 aliphatic heterocycles. The summed E-state index contributed by atoms with van der Waals surface area (Å²) in [5.74, 6) is 0.435. The van der Waals surface area contributed by atoms with E-state index in [1.165, 1.54) is 32.1 Å². The van der Waals surface area contributed by atoms with Crippen LogP contribution in [0.25, 0.3) is 0 Å². The fourth-order valence-corrected chi connectivity index (χ4v) is 3.16. The lowest BCUT2D eigenvalue weighted by molar-refractivity contribution is 0.0401. The van der Waals surface area contributed by atoms with Gasteiger partial charge in [-0.25, -0.2) is 0 Å². The zero-order chi connectivity index (χ0) is 14.1. The van der Waals surface area contributed by atoms with Crippen molar-refractivity contribution in [3.8, 4) is 0 Å². The topological polar surface area (TPSA) is 55.5 Å². The zero-order valence-electron chi connectivity index (χ0n) is 12.9. The summed E-state index contributed by atoms with van der Waals surface area (Å²) in [6.45, 7) is 5.31. The minimum atomic E-state index is -0.340. The molecule has 1 aliphatic carbocycles. The molecule has 0 radical (unpaired) electrons. The molecule has 0 aromatic heterocycles. The van der Waals surface area contributed by atoms with Crippen molar-refractivity contribution in [1.29, 1.82) is 0 Å². The Morgan fingerprint density at radius 1 is 1.37 bits per heavy atom. The molecule has 1 fully saturated rings. The second kappa shape index (κ2) is 8.93. The van der Waals surface area contributed by atoms with Gasteiger partial charge in [-0.1, -0.05) is 39.0 Å². The molecule has 3 N–H and O–H groups in total. The fraction of sp³-hybridized carbons (Fsp3) is 1.00. The van der Waals surface area contributed by atoms with Crippen molar-refractivity contribution >= 4 is 0 Å². The molecule has 3 nitrogen and oxygen atoms in total. The maximum absolute atomic E-state index is 9.41. The van der Waals surface area contributed by atoms with Crippen LogP contribution in [0.3, 0.4) is 0 Å². The van der Waals surface area contributed by atoms with Crippen LogP contribution >= 0.6 is 0 Å². The van der Waals surface area contributed by atoms with E-state index in [0.717, 1.165) is 32.3 Å². The minimum Gasteiger partial charge on any atom is -0.394 e. The monoisotopic (exact) mass is 271 g/mol. The van der Waals surface area contributed by atoms with Gasteiger partial charge >= 0.3 is 0 Å². The summed E-state index contributed by atoms with van der Waals surface area (Å²) in [5.41, 5.74) is 5.89. The first-order chi connectivity index (χ1) is 9.12. The Morgan fingerprint density at radius 2 is 2.16 bits per heavy atom. The highest BCUT2D eigenvalue weighted by Crippen LogP contribution is 2.35. The summed E-state index contributed by atoms with van der Waals surface area (Å²) in [6, 6.07) is 0. The molecule has 1 aliphatic rings. The first-order valence-corrected chi connectivity index (χ1v) is 8.13. The van der Waals surface area contributed by atoms with Crippen LogP contribution in [0.1, 0.15) is 71.6 Å². The predicted molar refractivity (Wildman–Crippen MR) is 80.1 cm³/mol. The second-order valence-electron chi connectivity index (χ2n) is 6.30. The number of rotatable bonds is 10. The summed E-state index contributed by atoms with van der Waals surface area (Å²) < 4.78 is 5.88. The van der Waals surface area contributed by atoms with E-state index in [4.69, 9.17) is 10.5 Å². The number of unbranched alkanes of at least 4 members (excludes halogenated alkanes) is 3. The van der Waals surface area contributed by atoms with Crippen molar-refractivity contribution in [2.24, 2.45) is 11.7 Å². The van der Waals surface area contributed by atoms with E-state index in [-0.39, 0.29) is 12.1 Å². The summed E-state index contributed by atoms with van der Waals surface area (Å²) in [6.07, 6.45) is 11.0. The van der Waals surface area contributed by atoms with Crippen molar-refractivity contribution in [3.63, 3.8) is 0 Å². The average Bonchev–Trinajstić information content (AvgIpc) is 2.77. The molecular weight excluding hydrogens is 238 g/mol. The van der Waals surface area contributed by atoms with Gasteiger partial charge in [-0.3, -0.25) is 0 Å². The van der Waals surface area contributed by atoms with Gasteiger partial charge in [0.2, 0.25) is 0 Å². The minimum absolute atomic E-state index is 0.115. The smallest absolute Gasteiger partial charge is 0.0613 e. The van der Waals surface area contributed by atoms with Gasteiger partial charge in [0.1, 0.15) is 0 Å². The van der Waals surface area contributed by atoms with E-state index in [0.29, 0.717) is 12.0 Å². The first kappa shape index (κ1) is 16.9. The van der Waals surface area contributed by atoms with Crippen LogP contribution in [0.4, 0.5) is 0 Å². The molecule has 1 saturated carbocycles. The molecule has 19 heavy (non-hydrogen) atoms. The average molecular weight is 271 g/mol. The van der Waals surface area contributed by atoms with E-state index in [2.05, 4.69) is 13.8 Å². The van der Waals surface area contributed by atoms with Crippen molar-refractivity contribution < 1.29 is 9.84 Å². The Morgan fingerprint density at radius 3 is 2.84 bits per heavy atom. The molecular formula is C16H33NO2. The normalized spacial score (nSPS) is 28.7. The molecule has 1 rings (SSSR count). The molecule has 0 saturated heterocycles. The third kappa shape index (κ3) is 5.80. The largest absolute Gasteiger partial charge is 0.394 e. The summed E-state index contributed by atoms with van der Waals surface area (Å²) in [7, 11) is 0. The Labute approximate surface area is 118 Å². The van der Waals surface area contributed by atoms with Crippen LogP contribution in [0.2, 0.25) is 0 Å². The van der Waals surface area contributed by atoms with Gasteiger partial charge in [0, 0.05) is 12.1 Å². The fourth-order valence-electron chi connectivity index (χ4n) is 3.16. The third-order valence-corrected chi connectivity index (χ3v) is 4.64. The Bertz CT molecular complexity index is 235. The molecule has 3 unspecified atom stereocenters. The van der Waals surface area contributed by atoms with Crippen LogP contribution < -0.4 is 5.73 Å². The molecule has 0 aromatic rings. The van der Waals surface area contributed by atoms with E-state index >= 15 is 0 Å². The van der Waals surface area contributed by atoms with Gasteiger partial charge in [-0.2, -0.15) is 0 Å². The summed E-state index contributed by atoms with van der Waals surface area (Å²) in [4.78, 5) is 0. The highest BCUT2D eigenvalue weighted by molar-refractivity contribution is 4.95. The Kier molecular flexibility index (Phi) is 7.96. The van der Waals surface area contributed by atoms with Crippen LogP contribution in [-0.4, -0.2) is 30.0 Å². The Balaban J connectivity index is 2.09. The van der Waals surface area contributed by atoms with E-state index in [1.54, 1.807) is 0 Å². The van der Waals surface area contributed by atoms with E-state index < -0.39 is 0 Å². The number of hydrogen-bond donors (Lipinski definition) is 2. The van der Waals surface area contributed by atoms with Crippen molar-refractivity contribution in [2.75, 3.05) is 13.2 Å².